The first kappa shape index (κ1) is 17.6. The Hall–Kier alpha value is -2.79. The number of carbonyl (C=O) groups excluding carboxylic acids is 2. The molecule has 0 saturated carbocycles. The number of likely N-dealkylation sites (tertiary alicyclic amines) is 1. The molecule has 2 N–H and O–H groups in total. The van der Waals surface area contributed by atoms with Crippen LogP contribution < -0.4 is 5.32 Å². The molecule has 1 saturated heterocycles. The van der Waals surface area contributed by atoms with Gasteiger partial charge < -0.3 is 15.2 Å². The maximum absolute atomic E-state index is 12.5. The minimum absolute atomic E-state index is 0.0230. The fourth-order valence-electron chi connectivity index (χ4n) is 3.51. The van der Waals surface area contributed by atoms with E-state index in [1.165, 1.54) is 0 Å². The van der Waals surface area contributed by atoms with E-state index in [9.17, 15) is 9.59 Å². The van der Waals surface area contributed by atoms with Crippen LogP contribution in [0, 0.1) is 0 Å². The molecule has 1 aromatic heterocycles. The standard InChI is InChI=1S/C21H20ClN3O2/c22-16-6-7-19-18(12-16)15(13-23-19)11-20(26)24-17-5-3-4-14(10-17)21(27)25-8-1-2-9-25/h3-7,10,12-13,23H,1-2,8-9,11H2,(H,24,26). The van der Waals surface area contributed by atoms with Gasteiger partial charge in [0.2, 0.25) is 5.91 Å². The molecule has 0 radical (unpaired) electrons. The molecule has 0 bridgehead atoms. The molecule has 0 spiro atoms. The molecule has 1 aliphatic heterocycles. The molecule has 3 aromatic rings. The van der Waals surface area contributed by atoms with Gasteiger partial charge in [-0.2, -0.15) is 0 Å². The van der Waals surface area contributed by atoms with Gasteiger partial charge in [0.15, 0.2) is 0 Å². The highest BCUT2D eigenvalue weighted by molar-refractivity contribution is 6.31. The zero-order chi connectivity index (χ0) is 18.8. The van der Waals surface area contributed by atoms with Crippen LogP contribution in [0.25, 0.3) is 10.9 Å². The van der Waals surface area contributed by atoms with Crippen molar-refractivity contribution >= 4 is 40.0 Å². The summed E-state index contributed by atoms with van der Waals surface area (Å²) in [5, 5.41) is 4.47. The molecule has 1 aliphatic rings. The van der Waals surface area contributed by atoms with Crippen LogP contribution >= 0.6 is 11.6 Å². The molecule has 6 heteroatoms. The molecule has 138 valence electrons. The molecule has 2 amide bonds. The van der Waals surface area contributed by atoms with Gasteiger partial charge in [0.25, 0.3) is 5.91 Å². The van der Waals surface area contributed by atoms with E-state index in [1.54, 1.807) is 24.3 Å². The van der Waals surface area contributed by atoms with E-state index in [4.69, 9.17) is 11.6 Å². The highest BCUT2D eigenvalue weighted by Crippen LogP contribution is 2.23. The lowest BCUT2D eigenvalue weighted by atomic mass is 10.1. The summed E-state index contributed by atoms with van der Waals surface area (Å²) in [6, 6.07) is 12.7. The number of carbonyl (C=O) groups is 2. The van der Waals surface area contributed by atoms with Gasteiger partial charge in [0.05, 0.1) is 6.42 Å². The highest BCUT2D eigenvalue weighted by atomic mass is 35.5. The molecular weight excluding hydrogens is 362 g/mol. The van der Waals surface area contributed by atoms with Gasteiger partial charge in [-0.05, 0) is 54.8 Å². The highest BCUT2D eigenvalue weighted by Gasteiger charge is 2.19. The molecule has 0 unspecified atom stereocenters. The number of aromatic nitrogens is 1. The topological polar surface area (TPSA) is 65.2 Å². The van der Waals surface area contributed by atoms with Crippen molar-refractivity contribution in [1.82, 2.24) is 9.88 Å². The van der Waals surface area contributed by atoms with E-state index in [2.05, 4.69) is 10.3 Å². The van der Waals surface area contributed by atoms with Gasteiger partial charge in [-0.15, -0.1) is 0 Å². The molecule has 0 aliphatic carbocycles. The number of amides is 2. The maximum atomic E-state index is 12.5. The Morgan fingerprint density at radius 2 is 1.93 bits per heavy atom. The number of aromatic amines is 1. The van der Waals surface area contributed by atoms with Crippen LogP contribution in [0.2, 0.25) is 5.02 Å². The van der Waals surface area contributed by atoms with E-state index in [-0.39, 0.29) is 18.2 Å². The van der Waals surface area contributed by atoms with E-state index < -0.39 is 0 Å². The number of hydrogen-bond acceptors (Lipinski definition) is 2. The molecule has 27 heavy (non-hydrogen) atoms. The van der Waals surface area contributed by atoms with Crippen LogP contribution in [0.4, 0.5) is 5.69 Å². The lowest BCUT2D eigenvalue weighted by Crippen LogP contribution is -2.27. The molecular formula is C21H20ClN3O2. The summed E-state index contributed by atoms with van der Waals surface area (Å²) in [5.74, 6) is -0.114. The van der Waals surface area contributed by atoms with Crippen molar-refractivity contribution in [2.24, 2.45) is 0 Å². The molecule has 1 fully saturated rings. The SMILES string of the molecule is O=C(Cc1c[nH]c2ccc(Cl)cc12)Nc1cccc(C(=O)N2CCCC2)c1. The zero-order valence-corrected chi connectivity index (χ0v) is 15.6. The van der Waals surface area contributed by atoms with Gasteiger partial charge in [-0.3, -0.25) is 9.59 Å². The van der Waals surface area contributed by atoms with Crippen molar-refractivity contribution in [3.63, 3.8) is 0 Å². The van der Waals surface area contributed by atoms with Gasteiger partial charge in [0.1, 0.15) is 0 Å². The third-order valence-electron chi connectivity index (χ3n) is 4.87. The van der Waals surface area contributed by atoms with E-state index in [1.807, 2.05) is 29.3 Å². The van der Waals surface area contributed by atoms with Crippen molar-refractivity contribution in [3.05, 3.63) is 64.8 Å². The summed E-state index contributed by atoms with van der Waals surface area (Å²) in [4.78, 5) is 30.0. The molecule has 0 atom stereocenters. The number of benzene rings is 2. The summed E-state index contributed by atoms with van der Waals surface area (Å²) >= 11 is 6.06. The van der Waals surface area contributed by atoms with Gasteiger partial charge in [-0.25, -0.2) is 0 Å². The van der Waals surface area contributed by atoms with Crippen LogP contribution in [-0.4, -0.2) is 34.8 Å². The fourth-order valence-corrected chi connectivity index (χ4v) is 3.68. The minimum Gasteiger partial charge on any atom is -0.361 e. The summed E-state index contributed by atoms with van der Waals surface area (Å²) in [7, 11) is 0. The first-order chi connectivity index (χ1) is 13.1. The Labute approximate surface area is 162 Å². The van der Waals surface area contributed by atoms with Crippen LogP contribution in [0.15, 0.2) is 48.7 Å². The number of fused-ring (bicyclic) bond motifs is 1. The van der Waals surface area contributed by atoms with Crippen LogP contribution in [0.1, 0.15) is 28.8 Å². The normalized spacial score (nSPS) is 13.9. The predicted molar refractivity (Wildman–Crippen MR) is 107 cm³/mol. The first-order valence-corrected chi connectivity index (χ1v) is 9.43. The number of hydrogen-bond donors (Lipinski definition) is 2. The van der Waals surface area contributed by atoms with Crippen LogP contribution in [-0.2, 0) is 11.2 Å². The minimum atomic E-state index is -0.137. The van der Waals surface area contributed by atoms with Gasteiger partial charge in [0, 0.05) is 46.5 Å². The van der Waals surface area contributed by atoms with Crippen LogP contribution in [0.3, 0.4) is 0 Å². The quantitative estimate of drug-likeness (QED) is 0.710. The van der Waals surface area contributed by atoms with E-state index in [0.29, 0.717) is 16.3 Å². The van der Waals surface area contributed by atoms with Crippen molar-refractivity contribution < 1.29 is 9.59 Å². The van der Waals surface area contributed by atoms with Gasteiger partial charge in [-0.1, -0.05) is 17.7 Å². The first-order valence-electron chi connectivity index (χ1n) is 9.05. The predicted octanol–water partition coefficient (Wildman–Crippen LogP) is 4.24. The maximum Gasteiger partial charge on any atom is 0.253 e. The average molecular weight is 382 g/mol. The van der Waals surface area contributed by atoms with Crippen molar-refractivity contribution in [1.29, 1.82) is 0 Å². The van der Waals surface area contributed by atoms with Crippen molar-refractivity contribution in [3.8, 4) is 0 Å². The van der Waals surface area contributed by atoms with Crippen LogP contribution in [0.5, 0.6) is 0 Å². The summed E-state index contributed by atoms with van der Waals surface area (Å²) in [6.45, 7) is 1.61. The zero-order valence-electron chi connectivity index (χ0n) is 14.8. The lowest BCUT2D eigenvalue weighted by molar-refractivity contribution is -0.115. The Morgan fingerprint density at radius 3 is 2.74 bits per heavy atom. The number of halogens is 1. The lowest BCUT2D eigenvalue weighted by Gasteiger charge is -2.15. The molecule has 2 heterocycles. The second-order valence-corrected chi connectivity index (χ2v) is 7.25. The largest absolute Gasteiger partial charge is 0.361 e. The second kappa shape index (κ2) is 7.45. The number of nitrogens with zero attached hydrogens (tertiary/aromatic N) is 1. The number of H-pyrrole nitrogens is 1. The molecule has 5 nitrogen and oxygen atoms in total. The summed E-state index contributed by atoms with van der Waals surface area (Å²) in [6.07, 6.45) is 4.16. The fraction of sp³-hybridized carbons (Fsp3) is 0.238. The van der Waals surface area contributed by atoms with E-state index >= 15 is 0 Å². The van der Waals surface area contributed by atoms with Crippen molar-refractivity contribution in [2.45, 2.75) is 19.3 Å². The smallest absolute Gasteiger partial charge is 0.253 e. The van der Waals surface area contributed by atoms with Gasteiger partial charge >= 0.3 is 0 Å². The Balaban J connectivity index is 1.47. The molecule has 4 rings (SSSR count). The molecule has 2 aromatic carbocycles. The van der Waals surface area contributed by atoms with Crippen molar-refractivity contribution in [2.75, 3.05) is 18.4 Å². The second-order valence-electron chi connectivity index (χ2n) is 6.81. The summed E-state index contributed by atoms with van der Waals surface area (Å²) < 4.78 is 0. The third kappa shape index (κ3) is 3.83. The van der Waals surface area contributed by atoms with E-state index in [0.717, 1.165) is 42.4 Å². The number of nitrogens with one attached hydrogen (secondary N) is 2. The number of anilines is 1. The Kier molecular flexibility index (Phi) is 4.86. The number of rotatable bonds is 4. The Bertz CT molecular complexity index is 1010. The third-order valence-corrected chi connectivity index (χ3v) is 5.10. The Morgan fingerprint density at radius 1 is 1.11 bits per heavy atom. The monoisotopic (exact) mass is 381 g/mol. The summed E-state index contributed by atoms with van der Waals surface area (Å²) in [5.41, 5.74) is 3.06. The average Bonchev–Trinajstić information content (AvgIpc) is 3.32.